The van der Waals surface area contributed by atoms with E-state index in [9.17, 15) is 4.79 Å². The molecular formula is C25H29IN2O3S. The highest BCUT2D eigenvalue weighted by Crippen LogP contribution is 2.43. The zero-order chi connectivity index (χ0) is 22.7. The zero-order valence-electron chi connectivity index (χ0n) is 18.6. The van der Waals surface area contributed by atoms with Crippen molar-refractivity contribution >= 4 is 52.0 Å². The standard InChI is InChI=1S/C25H29IN2O3S/c1-16-9-7-8-12-20(16)28-24(29)22(32-25(28)27-18-10-5-4-6-11-18)15-17-13-19(26)23(31-3)21(14-17)30-2/h4-6,10-11,13-16,20,25,27H,7-9,12H2,1-3H3/b22-15-/t16-,20+,25?/m0/s1. The second-order valence-corrected chi connectivity index (χ2v) is 10.6. The number of hydrogen-bond acceptors (Lipinski definition) is 5. The highest BCUT2D eigenvalue weighted by atomic mass is 127. The number of anilines is 1. The van der Waals surface area contributed by atoms with Crippen molar-refractivity contribution in [1.82, 2.24) is 4.90 Å². The first-order chi connectivity index (χ1) is 15.5. The average Bonchev–Trinajstić information content (AvgIpc) is 3.08. The zero-order valence-corrected chi connectivity index (χ0v) is 21.6. The van der Waals surface area contributed by atoms with E-state index in [0.717, 1.165) is 26.1 Å². The molecule has 5 nitrogen and oxygen atoms in total. The number of amides is 1. The summed E-state index contributed by atoms with van der Waals surface area (Å²) in [6, 6.07) is 14.3. The maximum Gasteiger partial charge on any atom is 0.262 e. The van der Waals surface area contributed by atoms with Gasteiger partial charge in [-0.05, 0) is 77.3 Å². The lowest BCUT2D eigenvalue weighted by Crippen LogP contribution is -2.48. The molecule has 1 unspecified atom stereocenters. The Morgan fingerprint density at radius 3 is 2.56 bits per heavy atom. The van der Waals surface area contributed by atoms with Crippen molar-refractivity contribution in [3.05, 3.63) is 56.5 Å². The van der Waals surface area contributed by atoms with Gasteiger partial charge in [-0.25, -0.2) is 0 Å². The molecular weight excluding hydrogens is 535 g/mol. The molecule has 0 radical (unpaired) electrons. The Labute approximate surface area is 208 Å². The van der Waals surface area contributed by atoms with Crippen LogP contribution in [0.25, 0.3) is 6.08 Å². The Bertz CT molecular complexity index is 998. The van der Waals surface area contributed by atoms with Crippen molar-refractivity contribution in [2.24, 2.45) is 5.92 Å². The number of carbonyl (C=O) groups is 1. The van der Waals surface area contributed by atoms with Gasteiger partial charge in [-0.1, -0.05) is 49.7 Å². The van der Waals surface area contributed by atoms with Crippen LogP contribution >= 0.6 is 34.4 Å². The minimum atomic E-state index is -0.124. The van der Waals surface area contributed by atoms with Gasteiger partial charge in [0.05, 0.1) is 22.7 Å². The van der Waals surface area contributed by atoms with Crippen LogP contribution in [0, 0.1) is 9.49 Å². The van der Waals surface area contributed by atoms with Crippen molar-refractivity contribution < 1.29 is 14.3 Å². The Balaban J connectivity index is 1.67. The van der Waals surface area contributed by atoms with Crippen molar-refractivity contribution in [3.63, 3.8) is 0 Å². The van der Waals surface area contributed by atoms with Gasteiger partial charge in [-0.2, -0.15) is 0 Å². The number of nitrogens with one attached hydrogen (secondary N) is 1. The number of methoxy groups -OCH3 is 2. The van der Waals surface area contributed by atoms with Gasteiger partial charge in [-0.15, -0.1) is 0 Å². The van der Waals surface area contributed by atoms with E-state index in [1.165, 1.54) is 19.3 Å². The van der Waals surface area contributed by atoms with Crippen LogP contribution in [0.2, 0.25) is 0 Å². The largest absolute Gasteiger partial charge is 0.493 e. The summed E-state index contributed by atoms with van der Waals surface area (Å²) in [6.07, 6.45) is 6.63. The molecule has 2 fully saturated rings. The smallest absolute Gasteiger partial charge is 0.262 e. The number of para-hydroxylation sites is 1. The van der Waals surface area contributed by atoms with E-state index in [1.54, 1.807) is 26.0 Å². The molecule has 1 heterocycles. The molecule has 7 heteroatoms. The van der Waals surface area contributed by atoms with Crippen LogP contribution in [0.4, 0.5) is 5.69 Å². The van der Waals surface area contributed by atoms with Crippen molar-refractivity contribution in [3.8, 4) is 11.5 Å². The van der Waals surface area contributed by atoms with E-state index in [1.807, 2.05) is 48.5 Å². The molecule has 4 rings (SSSR count). The van der Waals surface area contributed by atoms with Crippen LogP contribution in [-0.2, 0) is 4.79 Å². The van der Waals surface area contributed by atoms with Crippen LogP contribution in [0.3, 0.4) is 0 Å². The van der Waals surface area contributed by atoms with E-state index in [0.29, 0.717) is 17.4 Å². The van der Waals surface area contributed by atoms with Gasteiger partial charge in [0, 0.05) is 11.7 Å². The maximum atomic E-state index is 13.7. The van der Waals surface area contributed by atoms with Crippen molar-refractivity contribution in [1.29, 1.82) is 0 Å². The molecule has 2 aromatic carbocycles. The third kappa shape index (κ3) is 4.88. The molecule has 2 aliphatic rings. The molecule has 3 atom stereocenters. The van der Waals surface area contributed by atoms with Gasteiger partial charge in [0.25, 0.3) is 5.91 Å². The molecule has 2 aromatic rings. The lowest BCUT2D eigenvalue weighted by atomic mass is 9.85. The minimum Gasteiger partial charge on any atom is -0.493 e. The fraction of sp³-hybridized carbons (Fsp3) is 0.400. The number of halogens is 1. The van der Waals surface area contributed by atoms with Gasteiger partial charge in [0.2, 0.25) is 0 Å². The van der Waals surface area contributed by atoms with Crippen LogP contribution < -0.4 is 14.8 Å². The minimum absolute atomic E-state index is 0.104. The third-order valence-corrected chi connectivity index (χ3v) is 8.09. The summed E-state index contributed by atoms with van der Waals surface area (Å²) >= 11 is 3.83. The number of nitrogens with zero attached hydrogens (tertiary/aromatic N) is 1. The number of rotatable bonds is 6. The van der Waals surface area contributed by atoms with Gasteiger partial charge in [0.15, 0.2) is 17.0 Å². The van der Waals surface area contributed by atoms with Gasteiger partial charge >= 0.3 is 0 Å². The first-order valence-electron chi connectivity index (χ1n) is 11.0. The normalized spacial score (nSPS) is 24.6. The third-order valence-electron chi connectivity index (χ3n) is 6.18. The Morgan fingerprint density at radius 1 is 1.12 bits per heavy atom. The van der Waals surface area contributed by atoms with E-state index < -0.39 is 0 Å². The molecule has 1 aliphatic heterocycles. The van der Waals surface area contributed by atoms with Gasteiger partial charge < -0.3 is 19.7 Å². The van der Waals surface area contributed by atoms with E-state index in [2.05, 4.69) is 39.7 Å². The van der Waals surface area contributed by atoms with Crippen LogP contribution in [0.1, 0.15) is 38.2 Å². The topological polar surface area (TPSA) is 50.8 Å². The fourth-order valence-electron chi connectivity index (χ4n) is 4.54. The van der Waals surface area contributed by atoms with Crippen LogP contribution in [-0.4, -0.2) is 36.6 Å². The molecule has 0 bridgehead atoms. The van der Waals surface area contributed by atoms with Crippen LogP contribution in [0.15, 0.2) is 47.4 Å². The Hall–Kier alpha value is -1.87. The van der Waals surface area contributed by atoms with E-state index >= 15 is 0 Å². The first-order valence-corrected chi connectivity index (χ1v) is 12.9. The molecule has 1 amide bonds. The maximum absolute atomic E-state index is 13.7. The lowest BCUT2D eigenvalue weighted by Gasteiger charge is -2.39. The van der Waals surface area contributed by atoms with Crippen LogP contribution in [0.5, 0.6) is 11.5 Å². The molecule has 1 N–H and O–H groups in total. The molecule has 0 aromatic heterocycles. The summed E-state index contributed by atoms with van der Waals surface area (Å²) in [7, 11) is 3.27. The molecule has 0 spiro atoms. The second kappa shape index (κ2) is 10.4. The molecule has 1 aliphatic carbocycles. The van der Waals surface area contributed by atoms with Crippen molar-refractivity contribution in [2.75, 3.05) is 19.5 Å². The molecule has 170 valence electrons. The Morgan fingerprint density at radius 2 is 1.88 bits per heavy atom. The number of carbonyl (C=O) groups excluding carboxylic acids is 1. The predicted molar refractivity (Wildman–Crippen MR) is 140 cm³/mol. The summed E-state index contributed by atoms with van der Waals surface area (Å²) < 4.78 is 11.9. The number of hydrogen-bond donors (Lipinski definition) is 1. The van der Waals surface area contributed by atoms with E-state index in [-0.39, 0.29) is 17.4 Å². The summed E-state index contributed by atoms with van der Waals surface area (Å²) in [5.41, 5.74) is 1.83. The highest BCUT2D eigenvalue weighted by molar-refractivity contribution is 14.1. The number of ether oxygens (including phenoxy) is 2. The molecule has 1 saturated heterocycles. The fourth-order valence-corrected chi connectivity index (χ4v) is 6.60. The highest BCUT2D eigenvalue weighted by Gasteiger charge is 2.42. The number of thioether (sulfide) groups is 1. The summed E-state index contributed by atoms with van der Waals surface area (Å²) in [6.45, 7) is 2.28. The lowest BCUT2D eigenvalue weighted by molar-refractivity contribution is -0.129. The van der Waals surface area contributed by atoms with E-state index in [4.69, 9.17) is 9.47 Å². The summed E-state index contributed by atoms with van der Waals surface area (Å²) in [5.74, 6) is 1.97. The quantitative estimate of drug-likeness (QED) is 0.335. The van der Waals surface area contributed by atoms with Gasteiger partial charge in [-0.3, -0.25) is 4.79 Å². The predicted octanol–water partition coefficient (Wildman–Crippen LogP) is 6.20. The number of benzene rings is 2. The first kappa shape index (κ1) is 23.3. The monoisotopic (exact) mass is 564 g/mol. The SMILES string of the molecule is COc1cc(/C=C2\SC(Nc3ccccc3)N([C@@H]3CCCC[C@@H]3C)C2=O)cc(I)c1OC. The average molecular weight is 564 g/mol. The molecule has 1 saturated carbocycles. The molecule has 32 heavy (non-hydrogen) atoms. The summed E-state index contributed by atoms with van der Waals surface area (Å²) in [4.78, 5) is 16.5. The van der Waals surface area contributed by atoms with Gasteiger partial charge in [0.1, 0.15) is 0 Å². The Kier molecular flexibility index (Phi) is 7.55. The second-order valence-electron chi connectivity index (χ2n) is 8.27. The van der Waals surface area contributed by atoms with Crippen molar-refractivity contribution in [2.45, 2.75) is 44.1 Å². The summed E-state index contributed by atoms with van der Waals surface area (Å²) in [5, 5.41) is 3.59.